The van der Waals surface area contributed by atoms with Crippen LogP contribution in [0.1, 0.15) is 21.6 Å². The zero-order valence-electron chi connectivity index (χ0n) is 14.5. The van der Waals surface area contributed by atoms with Crippen LogP contribution in [0.25, 0.3) is 0 Å². The summed E-state index contributed by atoms with van der Waals surface area (Å²) in [5.74, 6) is 2.03. The first-order valence-corrected chi connectivity index (χ1v) is 8.71. The van der Waals surface area contributed by atoms with Crippen LogP contribution >= 0.6 is 15.9 Å². The van der Waals surface area contributed by atoms with E-state index < -0.39 is 11.7 Å². The minimum absolute atomic E-state index is 0.0836. The van der Waals surface area contributed by atoms with Crippen molar-refractivity contribution < 1.29 is 13.8 Å². The number of rotatable bonds is 4. The van der Waals surface area contributed by atoms with E-state index in [-0.39, 0.29) is 21.8 Å². The van der Waals surface area contributed by atoms with Gasteiger partial charge in [-0.25, -0.2) is 9.02 Å². The molecule has 1 aromatic heterocycles. The number of hydrogen-bond acceptors (Lipinski definition) is 5. The summed E-state index contributed by atoms with van der Waals surface area (Å²) in [7, 11) is 1.53. The molecular formula is C19H13BrFN5O2. The molecule has 1 heterocycles. The molecule has 2 aromatic carbocycles. The monoisotopic (exact) mass is 441 g/mol. The zero-order chi connectivity index (χ0) is 20.1. The Labute approximate surface area is 168 Å². The smallest absolute Gasteiger partial charge is 0.256 e. The molecule has 140 valence electrons. The number of hydrogen-bond donors (Lipinski definition) is 2. The fraction of sp³-hybridized carbons (Fsp3) is 0.0526. The van der Waals surface area contributed by atoms with Crippen molar-refractivity contribution in [3.63, 3.8) is 0 Å². The van der Waals surface area contributed by atoms with Crippen molar-refractivity contribution in [3.05, 3.63) is 69.6 Å². The molecule has 0 bridgehead atoms. The molecule has 7 nitrogen and oxygen atoms in total. The van der Waals surface area contributed by atoms with Crippen LogP contribution in [-0.4, -0.2) is 29.1 Å². The summed E-state index contributed by atoms with van der Waals surface area (Å²) in [5.41, 5.74) is 1.80. The van der Waals surface area contributed by atoms with Crippen molar-refractivity contribution in [2.75, 3.05) is 17.7 Å². The molecule has 0 aliphatic heterocycles. The number of amidine groups is 1. The van der Waals surface area contributed by atoms with E-state index in [9.17, 15) is 9.18 Å². The highest BCUT2D eigenvalue weighted by molar-refractivity contribution is 9.10. The van der Waals surface area contributed by atoms with E-state index in [2.05, 4.69) is 47.8 Å². The van der Waals surface area contributed by atoms with E-state index in [4.69, 9.17) is 11.1 Å². The summed E-state index contributed by atoms with van der Waals surface area (Å²) < 4.78 is 18.4. The first kappa shape index (κ1) is 19.3. The van der Waals surface area contributed by atoms with Gasteiger partial charge in [0.15, 0.2) is 11.5 Å². The van der Waals surface area contributed by atoms with Crippen LogP contribution in [0.4, 0.5) is 15.9 Å². The average molecular weight is 442 g/mol. The quantitative estimate of drug-likeness (QED) is 0.365. The van der Waals surface area contributed by atoms with E-state index in [1.54, 1.807) is 30.3 Å². The number of aromatic nitrogens is 2. The Morgan fingerprint density at radius 2 is 1.96 bits per heavy atom. The Morgan fingerprint density at radius 3 is 2.61 bits per heavy atom. The number of nitrogens with one attached hydrogen (secondary N) is 2. The van der Waals surface area contributed by atoms with Crippen molar-refractivity contribution in [1.82, 2.24) is 10.3 Å². The van der Waals surface area contributed by atoms with Crippen LogP contribution in [0.5, 0.6) is 0 Å². The molecule has 2 N–H and O–H groups in total. The Hall–Kier alpha value is -3.51. The van der Waals surface area contributed by atoms with Crippen molar-refractivity contribution in [1.29, 1.82) is 0 Å². The molecule has 0 unspecified atom stereocenters. The van der Waals surface area contributed by atoms with Gasteiger partial charge in [0.1, 0.15) is 5.82 Å². The third-order valence-electron chi connectivity index (χ3n) is 3.66. The number of halogens is 2. The predicted octanol–water partition coefficient (Wildman–Crippen LogP) is 3.69. The first-order chi connectivity index (χ1) is 13.5. The normalized spacial score (nSPS) is 11.0. The van der Waals surface area contributed by atoms with E-state index in [1.165, 1.54) is 19.2 Å². The van der Waals surface area contributed by atoms with Crippen LogP contribution in [0.15, 0.2) is 56.6 Å². The summed E-state index contributed by atoms with van der Waals surface area (Å²) in [5, 5.41) is 13.1. The van der Waals surface area contributed by atoms with Crippen LogP contribution in [0, 0.1) is 18.2 Å². The largest absolute Gasteiger partial charge is 0.338 e. The lowest BCUT2D eigenvalue weighted by atomic mass is 10.1. The van der Waals surface area contributed by atoms with Crippen LogP contribution in [0.2, 0.25) is 0 Å². The number of carbonyl (C=O) groups is 1. The number of aliphatic imine (C=N–C) groups is 1. The van der Waals surface area contributed by atoms with Gasteiger partial charge in [0, 0.05) is 23.9 Å². The first-order valence-electron chi connectivity index (χ1n) is 7.91. The highest BCUT2D eigenvalue weighted by atomic mass is 79.9. The van der Waals surface area contributed by atoms with Gasteiger partial charge >= 0.3 is 0 Å². The lowest BCUT2D eigenvalue weighted by Gasteiger charge is -2.09. The second-order valence-electron chi connectivity index (χ2n) is 5.46. The van der Waals surface area contributed by atoms with Crippen LogP contribution < -0.4 is 10.6 Å². The number of anilines is 2. The highest BCUT2D eigenvalue weighted by Gasteiger charge is 2.19. The molecule has 0 saturated heterocycles. The molecule has 28 heavy (non-hydrogen) atoms. The van der Waals surface area contributed by atoms with Gasteiger partial charge in [-0.1, -0.05) is 5.92 Å². The Bertz CT molecular complexity index is 1090. The highest BCUT2D eigenvalue weighted by Crippen LogP contribution is 2.21. The maximum atomic E-state index is 13.4. The van der Waals surface area contributed by atoms with Crippen molar-refractivity contribution in [2.24, 2.45) is 4.99 Å². The Balaban J connectivity index is 1.80. The Morgan fingerprint density at radius 1 is 1.21 bits per heavy atom. The molecule has 1 amide bonds. The molecule has 0 atom stereocenters. The summed E-state index contributed by atoms with van der Waals surface area (Å²) in [4.78, 5) is 16.5. The molecule has 3 rings (SSSR count). The average Bonchev–Trinajstić information content (AvgIpc) is 3.16. The number of benzene rings is 2. The summed E-state index contributed by atoms with van der Waals surface area (Å²) in [6, 6.07) is 10.9. The van der Waals surface area contributed by atoms with Gasteiger partial charge in [0.2, 0.25) is 5.82 Å². The topological polar surface area (TPSA) is 92.4 Å². The number of terminal acetylenes is 1. The van der Waals surface area contributed by atoms with Gasteiger partial charge in [0.05, 0.1) is 4.47 Å². The van der Waals surface area contributed by atoms with Crippen molar-refractivity contribution >= 4 is 39.2 Å². The molecule has 0 spiro atoms. The molecule has 0 radical (unpaired) electrons. The van der Waals surface area contributed by atoms with Crippen molar-refractivity contribution in [3.8, 4) is 12.3 Å². The molecule has 0 fully saturated rings. The molecule has 9 heteroatoms. The maximum absolute atomic E-state index is 13.4. The van der Waals surface area contributed by atoms with Crippen LogP contribution in [-0.2, 0) is 0 Å². The van der Waals surface area contributed by atoms with Crippen molar-refractivity contribution in [2.45, 2.75) is 0 Å². The number of amides is 1. The molecule has 0 saturated carbocycles. The van der Waals surface area contributed by atoms with E-state index in [0.717, 1.165) is 0 Å². The lowest BCUT2D eigenvalue weighted by Crippen LogP contribution is -2.19. The third-order valence-corrected chi connectivity index (χ3v) is 4.27. The molecule has 0 aliphatic carbocycles. The van der Waals surface area contributed by atoms with Gasteiger partial charge in [-0.15, -0.1) is 6.42 Å². The fourth-order valence-corrected chi connectivity index (χ4v) is 2.63. The predicted molar refractivity (Wildman–Crippen MR) is 107 cm³/mol. The lowest BCUT2D eigenvalue weighted by molar-refractivity contribution is 0.102. The van der Waals surface area contributed by atoms with Gasteiger partial charge in [0.25, 0.3) is 5.91 Å². The molecule has 0 aliphatic rings. The maximum Gasteiger partial charge on any atom is 0.256 e. The summed E-state index contributed by atoms with van der Waals surface area (Å²) in [6.45, 7) is 0. The van der Waals surface area contributed by atoms with Crippen LogP contribution in [0.3, 0.4) is 0 Å². The SMILES string of the molecule is C#Cc1ccc(C(=O)Nc2nonc2C(=NC)Nc2ccc(F)c(Br)c2)cc1. The van der Waals surface area contributed by atoms with E-state index in [1.807, 2.05) is 0 Å². The second-order valence-corrected chi connectivity index (χ2v) is 6.32. The van der Waals surface area contributed by atoms with Gasteiger partial charge in [-0.3, -0.25) is 9.79 Å². The van der Waals surface area contributed by atoms with E-state index in [0.29, 0.717) is 16.8 Å². The second kappa shape index (κ2) is 8.45. The summed E-state index contributed by atoms with van der Waals surface area (Å²) in [6.07, 6.45) is 5.31. The molecule has 3 aromatic rings. The van der Waals surface area contributed by atoms with Gasteiger partial charge in [-0.2, -0.15) is 0 Å². The number of nitrogens with zero attached hydrogens (tertiary/aromatic N) is 3. The van der Waals surface area contributed by atoms with Gasteiger partial charge in [-0.05, 0) is 68.7 Å². The minimum Gasteiger partial charge on any atom is -0.338 e. The van der Waals surface area contributed by atoms with E-state index >= 15 is 0 Å². The standard InChI is InChI=1S/C19H13BrFN5O2/c1-3-11-4-6-12(7-5-11)19(27)24-18-16(25-28-26-18)17(22-2)23-13-8-9-15(21)14(20)10-13/h1,4-10H,2H3,(H,22,23)(H,24,26,27). The minimum atomic E-state index is -0.416. The zero-order valence-corrected chi connectivity index (χ0v) is 16.1. The fourth-order valence-electron chi connectivity index (χ4n) is 2.26. The summed E-state index contributed by atoms with van der Waals surface area (Å²) >= 11 is 3.12. The third kappa shape index (κ3) is 4.24. The number of carbonyl (C=O) groups excluding carboxylic acids is 1. The Kier molecular flexibility index (Phi) is 5.81. The van der Waals surface area contributed by atoms with Gasteiger partial charge < -0.3 is 10.6 Å². The molecular weight excluding hydrogens is 429 g/mol.